The van der Waals surface area contributed by atoms with Gasteiger partial charge in [-0.2, -0.15) is 0 Å². The minimum Gasteiger partial charge on any atom is -0.497 e. The van der Waals surface area contributed by atoms with Gasteiger partial charge in [0.05, 0.1) is 13.7 Å². The second kappa shape index (κ2) is 6.84. The number of methoxy groups -OCH3 is 1. The number of ether oxygens (including phenoxy) is 1. The second-order valence-electron chi connectivity index (χ2n) is 6.73. The third kappa shape index (κ3) is 3.00. The molecule has 0 radical (unpaired) electrons. The Morgan fingerprint density at radius 3 is 2.57 bits per heavy atom. The quantitative estimate of drug-likeness (QED) is 0.548. The lowest BCUT2D eigenvalue weighted by Crippen LogP contribution is -2.24. The summed E-state index contributed by atoms with van der Waals surface area (Å²) in [5, 5.41) is 4.28. The molecule has 2 aromatic carbocycles. The van der Waals surface area contributed by atoms with Gasteiger partial charge in [0.15, 0.2) is 0 Å². The van der Waals surface area contributed by atoms with E-state index < -0.39 is 0 Å². The standard InChI is InChI=1S/C21H20N4O3/c1-14-7-8-17(11-15(14)2)23-9-10-24-19(20(23)26)22-25(21(24)27)13-16-5-4-6-18(12-16)28-3/h4-12H,13H2,1-3H3. The van der Waals surface area contributed by atoms with E-state index in [4.69, 9.17) is 4.74 Å². The van der Waals surface area contributed by atoms with E-state index in [9.17, 15) is 9.59 Å². The number of benzene rings is 2. The largest absolute Gasteiger partial charge is 0.497 e. The highest BCUT2D eigenvalue weighted by Crippen LogP contribution is 2.14. The highest BCUT2D eigenvalue weighted by molar-refractivity contribution is 5.43. The van der Waals surface area contributed by atoms with E-state index in [0.717, 1.165) is 22.4 Å². The third-order valence-corrected chi connectivity index (χ3v) is 4.88. The van der Waals surface area contributed by atoms with Crippen LogP contribution in [0.2, 0.25) is 0 Å². The van der Waals surface area contributed by atoms with Crippen molar-refractivity contribution in [3.05, 3.63) is 92.4 Å². The zero-order chi connectivity index (χ0) is 19.8. The van der Waals surface area contributed by atoms with Crippen molar-refractivity contribution in [3.63, 3.8) is 0 Å². The molecule has 0 N–H and O–H groups in total. The van der Waals surface area contributed by atoms with Crippen molar-refractivity contribution in [3.8, 4) is 11.4 Å². The van der Waals surface area contributed by atoms with E-state index in [0.29, 0.717) is 5.75 Å². The molecule has 2 heterocycles. The van der Waals surface area contributed by atoms with Crippen molar-refractivity contribution < 1.29 is 4.74 Å². The highest BCUT2D eigenvalue weighted by atomic mass is 16.5. The van der Waals surface area contributed by atoms with E-state index in [1.807, 2.05) is 56.3 Å². The zero-order valence-electron chi connectivity index (χ0n) is 15.9. The van der Waals surface area contributed by atoms with Crippen LogP contribution in [-0.2, 0) is 6.54 Å². The molecule has 2 aromatic heterocycles. The molecule has 0 bridgehead atoms. The van der Waals surface area contributed by atoms with E-state index in [1.165, 1.54) is 13.6 Å². The fourth-order valence-electron chi connectivity index (χ4n) is 3.13. The zero-order valence-corrected chi connectivity index (χ0v) is 15.9. The molecule has 142 valence electrons. The van der Waals surface area contributed by atoms with Crippen LogP contribution in [0, 0.1) is 13.8 Å². The first-order valence-electron chi connectivity index (χ1n) is 8.89. The van der Waals surface area contributed by atoms with Crippen LogP contribution < -0.4 is 16.0 Å². The van der Waals surface area contributed by atoms with Gasteiger partial charge in [0.2, 0.25) is 5.65 Å². The maximum atomic E-state index is 13.0. The average Bonchev–Trinajstić information content (AvgIpc) is 3.01. The Balaban J connectivity index is 1.80. The third-order valence-electron chi connectivity index (χ3n) is 4.88. The molecule has 0 fully saturated rings. The van der Waals surface area contributed by atoms with E-state index >= 15 is 0 Å². The number of aryl methyl sites for hydroxylation is 2. The van der Waals surface area contributed by atoms with Crippen LogP contribution in [0.5, 0.6) is 5.75 Å². The monoisotopic (exact) mass is 376 g/mol. The summed E-state index contributed by atoms with van der Waals surface area (Å²) in [6.45, 7) is 4.27. The SMILES string of the molecule is COc1cccc(Cn2nc3c(=O)n(-c4ccc(C)c(C)c4)ccn3c2=O)c1. The summed E-state index contributed by atoms with van der Waals surface area (Å²) in [6.07, 6.45) is 3.17. The van der Waals surface area contributed by atoms with E-state index in [2.05, 4.69) is 5.10 Å². The van der Waals surface area contributed by atoms with Gasteiger partial charge >= 0.3 is 11.2 Å². The highest BCUT2D eigenvalue weighted by Gasteiger charge is 2.13. The summed E-state index contributed by atoms with van der Waals surface area (Å²) in [6, 6.07) is 13.2. The van der Waals surface area contributed by atoms with Crippen LogP contribution in [0.4, 0.5) is 0 Å². The van der Waals surface area contributed by atoms with Crippen LogP contribution in [-0.4, -0.2) is 25.9 Å². The number of rotatable bonds is 4. The van der Waals surface area contributed by atoms with Gasteiger partial charge in [-0.05, 0) is 54.8 Å². The fourth-order valence-corrected chi connectivity index (χ4v) is 3.13. The lowest BCUT2D eigenvalue weighted by atomic mass is 10.1. The Hall–Kier alpha value is -3.61. The van der Waals surface area contributed by atoms with Gasteiger partial charge in [-0.15, -0.1) is 5.10 Å². The molecule has 4 rings (SSSR count). The van der Waals surface area contributed by atoms with E-state index in [1.54, 1.807) is 19.5 Å². The lowest BCUT2D eigenvalue weighted by Gasteiger charge is -2.08. The minimum absolute atomic E-state index is 0.0913. The van der Waals surface area contributed by atoms with Crippen molar-refractivity contribution in [2.24, 2.45) is 0 Å². The number of hydrogen-bond donors (Lipinski definition) is 0. The molecule has 7 heteroatoms. The summed E-state index contributed by atoms with van der Waals surface area (Å²) in [5.41, 5.74) is 3.23. The molecule has 0 unspecified atom stereocenters. The molecule has 7 nitrogen and oxygen atoms in total. The topological polar surface area (TPSA) is 70.5 Å². The van der Waals surface area contributed by atoms with Crippen molar-refractivity contribution >= 4 is 5.65 Å². The van der Waals surface area contributed by atoms with Crippen LogP contribution in [0.15, 0.2) is 64.4 Å². The Kier molecular flexibility index (Phi) is 4.35. The number of nitrogens with zero attached hydrogens (tertiary/aromatic N) is 4. The fraction of sp³-hybridized carbons (Fsp3) is 0.190. The maximum absolute atomic E-state index is 13.0. The van der Waals surface area contributed by atoms with Crippen LogP contribution in [0.25, 0.3) is 11.3 Å². The van der Waals surface area contributed by atoms with Gasteiger partial charge < -0.3 is 4.74 Å². The van der Waals surface area contributed by atoms with Crippen molar-refractivity contribution in [1.82, 2.24) is 18.7 Å². The number of hydrogen-bond acceptors (Lipinski definition) is 4. The minimum atomic E-state index is -0.359. The molecule has 0 spiro atoms. The molecule has 0 aliphatic rings. The lowest BCUT2D eigenvalue weighted by molar-refractivity contribution is 0.414. The average molecular weight is 376 g/mol. The summed E-state index contributed by atoms with van der Waals surface area (Å²) in [7, 11) is 1.59. The molecular formula is C21H20N4O3. The molecule has 0 atom stereocenters. The maximum Gasteiger partial charge on any atom is 0.350 e. The Bertz CT molecular complexity index is 1300. The van der Waals surface area contributed by atoms with Gasteiger partial charge in [0.25, 0.3) is 0 Å². The molecule has 0 aliphatic heterocycles. The summed E-state index contributed by atoms with van der Waals surface area (Å²) in [4.78, 5) is 25.6. The number of fused-ring (bicyclic) bond motifs is 1. The van der Waals surface area contributed by atoms with Gasteiger partial charge in [0, 0.05) is 18.1 Å². The van der Waals surface area contributed by atoms with E-state index in [-0.39, 0.29) is 23.4 Å². The normalized spacial score (nSPS) is 11.1. The molecular weight excluding hydrogens is 356 g/mol. The van der Waals surface area contributed by atoms with Crippen molar-refractivity contribution in [2.75, 3.05) is 7.11 Å². The Morgan fingerprint density at radius 2 is 1.82 bits per heavy atom. The summed E-state index contributed by atoms with van der Waals surface area (Å²) >= 11 is 0. The number of aromatic nitrogens is 4. The first-order valence-corrected chi connectivity index (χ1v) is 8.89. The van der Waals surface area contributed by atoms with Crippen molar-refractivity contribution in [1.29, 1.82) is 0 Å². The second-order valence-corrected chi connectivity index (χ2v) is 6.73. The Labute approximate surface area is 161 Å². The van der Waals surface area contributed by atoms with Gasteiger partial charge in [-0.1, -0.05) is 18.2 Å². The Morgan fingerprint density at radius 1 is 1.00 bits per heavy atom. The smallest absolute Gasteiger partial charge is 0.350 e. The first-order chi connectivity index (χ1) is 13.5. The van der Waals surface area contributed by atoms with Crippen LogP contribution >= 0.6 is 0 Å². The van der Waals surface area contributed by atoms with Gasteiger partial charge in [0.1, 0.15) is 5.75 Å². The molecule has 0 aliphatic carbocycles. The van der Waals surface area contributed by atoms with Crippen LogP contribution in [0.1, 0.15) is 16.7 Å². The molecule has 4 aromatic rings. The molecule has 28 heavy (non-hydrogen) atoms. The van der Waals surface area contributed by atoms with Gasteiger partial charge in [-0.25, -0.2) is 13.9 Å². The summed E-state index contributed by atoms with van der Waals surface area (Å²) < 4.78 is 9.29. The van der Waals surface area contributed by atoms with Crippen molar-refractivity contribution in [2.45, 2.75) is 20.4 Å². The van der Waals surface area contributed by atoms with Crippen LogP contribution in [0.3, 0.4) is 0 Å². The molecule has 0 amide bonds. The molecule has 0 saturated carbocycles. The molecule has 0 saturated heterocycles. The van der Waals surface area contributed by atoms with Gasteiger partial charge in [-0.3, -0.25) is 9.36 Å². The predicted molar refractivity (Wildman–Crippen MR) is 107 cm³/mol. The predicted octanol–water partition coefficient (Wildman–Crippen LogP) is 2.32. The first kappa shape index (κ1) is 17.8. The summed E-state index contributed by atoms with van der Waals surface area (Å²) in [5.74, 6) is 0.700.